The molecule has 0 fully saturated rings. The largest absolute Gasteiger partial charge is 0.465 e. The van der Waals surface area contributed by atoms with Crippen LogP contribution in [0.15, 0.2) is 0 Å². The zero-order chi connectivity index (χ0) is 10.1. The molecule has 0 aromatic carbocycles. The number of aliphatic hydroxyl groups is 1. The molecule has 0 radical (unpaired) electrons. The third-order valence-corrected chi connectivity index (χ3v) is 2.44. The summed E-state index contributed by atoms with van der Waals surface area (Å²) in [6.45, 7) is 0.645. The molecule has 2 heterocycles. The number of aromatic amines is 1. The van der Waals surface area contributed by atoms with Gasteiger partial charge in [0.05, 0.1) is 18.8 Å². The molecular weight excluding hydrogens is 186 g/mol. The van der Waals surface area contributed by atoms with Gasteiger partial charge < -0.3 is 15.1 Å². The van der Waals surface area contributed by atoms with Gasteiger partial charge in [-0.15, -0.1) is 0 Å². The first-order valence-corrected chi connectivity index (χ1v) is 4.36. The highest BCUT2D eigenvalue weighted by molar-refractivity contribution is 5.65. The van der Waals surface area contributed by atoms with Gasteiger partial charge in [-0.1, -0.05) is 0 Å². The lowest BCUT2D eigenvalue weighted by Gasteiger charge is -2.23. The van der Waals surface area contributed by atoms with Crippen LogP contribution < -0.4 is 0 Å². The van der Waals surface area contributed by atoms with E-state index in [1.165, 1.54) is 4.90 Å². The van der Waals surface area contributed by atoms with Crippen LogP contribution in [0.2, 0.25) is 0 Å². The number of rotatable bonds is 1. The van der Waals surface area contributed by atoms with Gasteiger partial charge >= 0.3 is 6.09 Å². The number of carboxylic acid groups (broad SMARTS) is 1. The number of nitrogens with zero attached hydrogens (tertiary/aromatic N) is 2. The molecule has 1 aliphatic heterocycles. The van der Waals surface area contributed by atoms with E-state index in [1.54, 1.807) is 0 Å². The monoisotopic (exact) mass is 197 g/mol. The summed E-state index contributed by atoms with van der Waals surface area (Å²) in [4.78, 5) is 12.0. The summed E-state index contributed by atoms with van der Waals surface area (Å²) in [5.74, 6) is 0. The van der Waals surface area contributed by atoms with Crippen molar-refractivity contribution in [1.82, 2.24) is 15.1 Å². The van der Waals surface area contributed by atoms with Crippen LogP contribution in [0.5, 0.6) is 0 Å². The number of carbonyl (C=O) groups is 1. The van der Waals surface area contributed by atoms with Crippen molar-refractivity contribution in [3.63, 3.8) is 0 Å². The third kappa shape index (κ3) is 1.33. The fourth-order valence-electron chi connectivity index (χ4n) is 1.65. The van der Waals surface area contributed by atoms with Gasteiger partial charge in [0.25, 0.3) is 0 Å². The minimum atomic E-state index is -0.930. The molecule has 14 heavy (non-hydrogen) atoms. The minimum Gasteiger partial charge on any atom is -0.465 e. The van der Waals surface area contributed by atoms with Crippen LogP contribution in [0, 0.1) is 0 Å². The topological polar surface area (TPSA) is 89.5 Å². The number of aromatic nitrogens is 2. The van der Waals surface area contributed by atoms with Crippen molar-refractivity contribution in [3.05, 3.63) is 17.0 Å². The van der Waals surface area contributed by atoms with Crippen LogP contribution in [0.25, 0.3) is 0 Å². The standard InChI is InChI=1S/C8H11N3O3/c12-4-7-5-3-11(8(13)14)2-1-6(5)9-10-7/h12H,1-4H2,(H,9,10)(H,13,14). The molecule has 1 aromatic heterocycles. The number of nitrogens with one attached hydrogen (secondary N) is 1. The van der Waals surface area contributed by atoms with Crippen LogP contribution in [-0.4, -0.2) is 37.9 Å². The molecule has 76 valence electrons. The smallest absolute Gasteiger partial charge is 0.407 e. The van der Waals surface area contributed by atoms with Crippen molar-refractivity contribution in [2.24, 2.45) is 0 Å². The van der Waals surface area contributed by atoms with Crippen molar-refractivity contribution in [1.29, 1.82) is 0 Å². The van der Waals surface area contributed by atoms with Crippen LogP contribution >= 0.6 is 0 Å². The molecule has 0 saturated carbocycles. The Hall–Kier alpha value is -1.56. The van der Waals surface area contributed by atoms with Crippen LogP contribution in [-0.2, 0) is 19.6 Å². The number of aliphatic hydroxyl groups excluding tert-OH is 1. The average Bonchev–Trinajstić information content (AvgIpc) is 2.59. The van der Waals surface area contributed by atoms with Crippen molar-refractivity contribution >= 4 is 6.09 Å². The summed E-state index contributed by atoms with van der Waals surface area (Å²) >= 11 is 0. The first kappa shape index (κ1) is 9.01. The molecule has 1 aromatic rings. The average molecular weight is 197 g/mol. The van der Waals surface area contributed by atoms with Gasteiger partial charge in [0.1, 0.15) is 0 Å². The second kappa shape index (κ2) is 3.30. The van der Waals surface area contributed by atoms with Crippen molar-refractivity contribution < 1.29 is 15.0 Å². The maximum Gasteiger partial charge on any atom is 0.407 e. The second-order valence-electron chi connectivity index (χ2n) is 3.24. The molecule has 0 bridgehead atoms. The van der Waals surface area contributed by atoms with Gasteiger partial charge in [0.2, 0.25) is 0 Å². The molecule has 0 unspecified atom stereocenters. The van der Waals surface area contributed by atoms with Crippen molar-refractivity contribution in [2.75, 3.05) is 6.54 Å². The molecule has 1 amide bonds. The summed E-state index contributed by atoms with van der Waals surface area (Å²) in [6, 6.07) is 0. The molecule has 0 spiro atoms. The molecular formula is C8H11N3O3. The molecule has 6 heteroatoms. The van der Waals surface area contributed by atoms with Crippen LogP contribution in [0.1, 0.15) is 17.0 Å². The van der Waals surface area contributed by atoms with Gasteiger partial charge in [-0.05, 0) is 0 Å². The summed E-state index contributed by atoms with van der Waals surface area (Å²) in [7, 11) is 0. The first-order chi connectivity index (χ1) is 6.72. The van der Waals surface area contributed by atoms with E-state index < -0.39 is 6.09 Å². The van der Waals surface area contributed by atoms with Gasteiger partial charge in [-0.2, -0.15) is 5.10 Å². The van der Waals surface area contributed by atoms with Crippen molar-refractivity contribution in [2.45, 2.75) is 19.6 Å². The normalized spacial score (nSPS) is 15.4. The minimum absolute atomic E-state index is 0.153. The lowest BCUT2D eigenvalue weighted by molar-refractivity contribution is 0.139. The molecule has 3 N–H and O–H groups in total. The number of amides is 1. The molecule has 6 nitrogen and oxygen atoms in total. The lowest BCUT2D eigenvalue weighted by atomic mass is 10.1. The Balaban J connectivity index is 2.27. The van der Waals surface area contributed by atoms with Gasteiger partial charge in [-0.25, -0.2) is 4.79 Å². The van der Waals surface area contributed by atoms with E-state index in [0.717, 1.165) is 11.3 Å². The predicted octanol–water partition coefficient (Wildman–Crippen LogP) is -0.0619. The highest BCUT2D eigenvalue weighted by atomic mass is 16.4. The Morgan fingerprint density at radius 1 is 1.64 bits per heavy atom. The van der Waals surface area contributed by atoms with E-state index >= 15 is 0 Å². The molecule has 2 rings (SSSR count). The fraction of sp³-hybridized carbons (Fsp3) is 0.500. The van der Waals surface area contributed by atoms with Crippen LogP contribution in [0.4, 0.5) is 4.79 Å². The van der Waals surface area contributed by atoms with Crippen LogP contribution in [0.3, 0.4) is 0 Å². The quantitative estimate of drug-likeness (QED) is 0.588. The van der Waals surface area contributed by atoms with Crippen molar-refractivity contribution in [3.8, 4) is 0 Å². The number of H-pyrrole nitrogens is 1. The third-order valence-electron chi connectivity index (χ3n) is 2.44. The number of hydrogen-bond acceptors (Lipinski definition) is 3. The predicted molar refractivity (Wildman–Crippen MR) is 46.6 cm³/mol. The van der Waals surface area contributed by atoms with Gasteiger partial charge in [0.15, 0.2) is 0 Å². The molecule has 1 aliphatic rings. The Labute approximate surface area is 80.2 Å². The van der Waals surface area contributed by atoms with E-state index in [9.17, 15) is 4.79 Å². The van der Waals surface area contributed by atoms with E-state index in [4.69, 9.17) is 10.2 Å². The lowest BCUT2D eigenvalue weighted by Crippen LogP contribution is -2.34. The zero-order valence-electron chi connectivity index (χ0n) is 7.53. The maximum absolute atomic E-state index is 10.7. The summed E-state index contributed by atoms with van der Waals surface area (Å²) in [5.41, 5.74) is 2.30. The number of fused-ring (bicyclic) bond motifs is 1. The molecule has 0 atom stereocenters. The number of hydrogen-bond donors (Lipinski definition) is 3. The van der Waals surface area contributed by atoms with E-state index in [0.29, 0.717) is 25.2 Å². The highest BCUT2D eigenvalue weighted by Crippen LogP contribution is 2.20. The summed E-state index contributed by atoms with van der Waals surface area (Å²) < 4.78 is 0. The fourth-order valence-corrected chi connectivity index (χ4v) is 1.65. The molecule has 0 aliphatic carbocycles. The van der Waals surface area contributed by atoms with E-state index in [1.807, 2.05) is 0 Å². The molecule has 0 saturated heterocycles. The van der Waals surface area contributed by atoms with Gasteiger partial charge in [-0.3, -0.25) is 5.10 Å². The van der Waals surface area contributed by atoms with Gasteiger partial charge in [0, 0.05) is 24.2 Å². The Kier molecular flexibility index (Phi) is 2.12. The van der Waals surface area contributed by atoms with E-state index in [-0.39, 0.29) is 6.61 Å². The van der Waals surface area contributed by atoms with E-state index in [2.05, 4.69) is 10.2 Å². The summed E-state index contributed by atoms with van der Waals surface area (Å²) in [6.07, 6.45) is -0.296. The SMILES string of the molecule is O=C(O)N1CCc2[nH]nc(CO)c2C1. The Morgan fingerprint density at radius 2 is 2.43 bits per heavy atom. The Bertz CT molecular complexity index is 347. The zero-order valence-corrected chi connectivity index (χ0v) is 7.53. The first-order valence-electron chi connectivity index (χ1n) is 4.36. The maximum atomic E-state index is 10.7. The second-order valence-corrected chi connectivity index (χ2v) is 3.24. The highest BCUT2D eigenvalue weighted by Gasteiger charge is 2.24. The summed E-state index contributed by atoms with van der Waals surface area (Å²) in [5, 5.41) is 24.5. The Morgan fingerprint density at radius 3 is 3.07 bits per heavy atom.